The van der Waals surface area contributed by atoms with Gasteiger partial charge in [-0.15, -0.1) is 0 Å². The van der Waals surface area contributed by atoms with Crippen molar-refractivity contribution in [3.05, 3.63) is 61.4 Å². The van der Waals surface area contributed by atoms with Crippen LogP contribution in [0.5, 0.6) is 0 Å². The van der Waals surface area contributed by atoms with Crippen LogP contribution in [0.1, 0.15) is 21.5 Å². The van der Waals surface area contributed by atoms with Gasteiger partial charge in [-0.05, 0) is 59.3 Å². The van der Waals surface area contributed by atoms with Crippen LogP contribution in [-0.4, -0.2) is 10.8 Å². The van der Waals surface area contributed by atoms with Gasteiger partial charge in [0, 0.05) is 31.6 Å². The highest BCUT2D eigenvalue weighted by Gasteiger charge is 2.13. The summed E-state index contributed by atoms with van der Waals surface area (Å²) in [6.07, 6.45) is 3.34. The molecule has 1 heterocycles. The maximum atomic E-state index is 12.3. The van der Waals surface area contributed by atoms with Gasteiger partial charge in [0.1, 0.15) is 0 Å². The molecular formula is C13H9BrINO. The number of nitrogens with zero attached hydrogens (tertiary/aromatic N) is 1. The third-order valence-electron chi connectivity index (χ3n) is 2.31. The molecule has 0 radical (unpaired) electrons. The van der Waals surface area contributed by atoms with Gasteiger partial charge in [-0.25, -0.2) is 0 Å². The molecule has 2 rings (SSSR count). The Labute approximate surface area is 122 Å². The highest BCUT2D eigenvalue weighted by Crippen LogP contribution is 2.22. The van der Waals surface area contributed by atoms with Crippen molar-refractivity contribution >= 4 is 44.3 Å². The summed E-state index contributed by atoms with van der Waals surface area (Å²) < 4.78 is 1.85. The second-order valence-electron chi connectivity index (χ2n) is 3.70. The summed E-state index contributed by atoms with van der Waals surface area (Å²) in [5, 5.41) is 0. The summed E-state index contributed by atoms with van der Waals surface area (Å²) in [7, 11) is 0. The van der Waals surface area contributed by atoms with Gasteiger partial charge in [-0.1, -0.05) is 15.9 Å². The molecule has 86 valence electrons. The van der Waals surface area contributed by atoms with Crippen molar-refractivity contribution in [3.8, 4) is 0 Å². The predicted octanol–water partition coefficient (Wildman–Crippen LogP) is 3.99. The number of hydrogen-bond acceptors (Lipinski definition) is 2. The van der Waals surface area contributed by atoms with Crippen LogP contribution in [0, 0.1) is 10.5 Å². The van der Waals surface area contributed by atoms with Crippen molar-refractivity contribution in [2.45, 2.75) is 6.92 Å². The largest absolute Gasteiger partial charge is 0.289 e. The van der Waals surface area contributed by atoms with Crippen molar-refractivity contribution in [2.24, 2.45) is 0 Å². The molecule has 0 saturated carbocycles. The van der Waals surface area contributed by atoms with Crippen LogP contribution in [0.3, 0.4) is 0 Å². The van der Waals surface area contributed by atoms with E-state index in [9.17, 15) is 4.79 Å². The van der Waals surface area contributed by atoms with E-state index in [1.807, 2.05) is 31.2 Å². The van der Waals surface area contributed by atoms with Gasteiger partial charge in [-0.2, -0.15) is 0 Å². The molecule has 4 heteroatoms. The summed E-state index contributed by atoms with van der Waals surface area (Å²) in [6.45, 7) is 1.92. The van der Waals surface area contributed by atoms with E-state index >= 15 is 0 Å². The number of rotatable bonds is 2. The van der Waals surface area contributed by atoms with Gasteiger partial charge in [0.2, 0.25) is 0 Å². The SMILES string of the molecule is Cc1cncc(C(=O)c2cc(I)ccc2Br)c1. The number of benzene rings is 1. The summed E-state index contributed by atoms with van der Waals surface area (Å²) in [5.41, 5.74) is 2.27. The summed E-state index contributed by atoms with van der Waals surface area (Å²) in [6, 6.07) is 7.56. The molecule has 0 saturated heterocycles. The smallest absolute Gasteiger partial charge is 0.195 e. The van der Waals surface area contributed by atoms with Crippen molar-refractivity contribution in [1.29, 1.82) is 0 Å². The van der Waals surface area contributed by atoms with E-state index in [4.69, 9.17) is 0 Å². The standard InChI is InChI=1S/C13H9BrINO/c1-8-4-9(7-16-6-8)13(17)11-5-10(15)2-3-12(11)14/h2-7H,1H3. The van der Waals surface area contributed by atoms with E-state index in [-0.39, 0.29) is 5.78 Å². The Morgan fingerprint density at radius 3 is 2.76 bits per heavy atom. The number of hydrogen-bond donors (Lipinski definition) is 0. The van der Waals surface area contributed by atoms with Crippen LogP contribution in [-0.2, 0) is 0 Å². The summed E-state index contributed by atoms with van der Waals surface area (Å²) in [5.74, 6) is -0.00779. The molecule has 0 spiro atoms. The molecule has 0 amide bonds. The zero-order chi connectivity index (χ0) is 12.4. The highest BCUT2D eigenvalue weighted by molar-refractivity contribution is 14.1. The van der Waals surface area contributed by atoms with Crippen LogP contribution in [0.2, 0.25) is 0 Å². The fourth-order valence-electron chi connectivity index (χ4n) is 1.51. The second kappa shape index (κ2) is 5.27. The molecule has 2 aromatic rings. The zero-order valence-electron chi connectivity index (χ0n) is 9.08. The first-order chi connectivity index (χ1) is 8.08. The lowest BCUT2D eigenvalue weighted by molar-refractivity contribution is 0.103. The molecule has 0 aliphatic heterocycles. The zero-order valence-corrected chi connectivity index (χ0v) is 12.8. The molecule has 0 unspecified atom stereocenters. The highest BCUT2D eigenvalue weighted by atomic mass is 127. The third-order valence-corrected chi connectivity index (χ3v) is 3.67. The van der Waals surface area contributed by atoms with Gasteiger partial charge in [0.15, 0.2) is 5.78 Å². The topological polar surface area (TPSA) is 30.0 Å². The van der Waals surface area contributed by atoms with Crippen LogP contribution >= 0.6 is 38.5 Å². The van der Waals surface area contributed by atoms with E-state index < -0.39 is 0 Å². The Bertz CT molecular complexity index is 583. The summed E-state index contributed by atoms with van der Waals surface area (Å²) >= 11 is 5.60. The number of carbonyl (C=O) groups is 1. The Kier molecular flexibility index (Phi) is 3.93. The quantitative estimate of drug-likeness (QED) is 0.562. The molecule has 1 aromatic heterocycles. The van der Waals surface area contributed by atoms with Gasteiger partial charge in [0.25, 0.3) is 0 Å². The lowest BCUT2D eigenvalue weighted by atomic mass is 10.0. The second-order valence-corrected chi connectivity index (χ2v) is 5.80. The van der Waals surface area contributed by atoms with Crippen molar-refractivity contribution < 1.29 is 4.79 Å². The van der Waals surface area contributed by atoms with Crippen molar-refractivity contribution in [3.63, 3.8) is 0 Å². The number of carbonyl (C=O) groups excluding carboxylic acids is 1. The predicted molar refractivity (Wildman–Crippen MR) is 79.3 cm³/mol. The fourth-order valence-corrected chi connectivity index (χ4v) is 2.42. The monoisotopic (exact) mass is 401 g/mol. The van der Waals surface area contributed by atoms with Crippen LogP contribution in [0.15, 0.2) is 41.1 Å². The number of aromatic nitrogens is 1. The first-order valence-electron chi connectivity index (χ1n) is 4.99. The Hall–Kier alpha value is -0.750. The Morgan fingerprint density at radius 1 is 1.29 bits per heavy atom. The number of pyridine rings is 1. The van der Waals surface area contributed by atoms with Crippen LogP contribution in [0.4, 0.5) is 0 Å². The van der Waals surface area contributed by atoms with E-state index in [1.54, 1.807) is 12.4 Å². The minimum atomic E-state index is -0.00779. The Balaban J connectivity index is 2.47. The van der Waals surface area contributed by atoms with Gasteiger partial charge in [-0.3, -0.25) is 9.78 Å². The maximum Gasteiger partial charge on any atom is 0.195 e. The fraction of sp³-hybridized carbons (Fsp3) is 0.0769. The third kappa shape index (κ3) is 2.93. The average Bonchev–Trinajstić information content (AvgIpc) is 2.31. The van der Waals surface area contributed by atoms with Crippen molar-refractivity contribution in [2.75, 3.05) is 0 Å². The van der Waals surface area contributed by atoms with Crippen molar-refractivity contribution in [1.82, 2.24) is 4.98 Å². The molecule has 0 aliphatic carbocycles. The first kappa shape index (κ1) is 12.7. The summed E-state index contributed by atoms with van der Waals surface area (Å²) in [4.78, 5) is 16.3. The first-order valence-corrected chi connectivity index (χ1v) is 6.86. The lowest BCUT2D eigenvalue weighted by Crippen LogP contribution is -2.03. The number of ketones is 1. The molecular weight excluding hydrogens is 393 g/mol. The van der Waals surface area contributed by atoms with Crippen LogP contribution < -0.4 is 0 Å². The van der Waals surface area contributed by atoms with Crippen LogP contribution in [0.25, 0.3) is 0 Å². The molecule has 2 nitrogen and oxygen atoms in total. The van der Waals surface area contributed by atoms with E-state index in [0.717, 1.165) is 13.6 Å². The minimum Gasteiger partial charge on any atom is -0.289 e. The molecule has 0 N–H and O–H groups in total. The Morgan fingerprint density at radius 2 is 2.06 bits per heavy atom. The van der Waals surface area contributed by atoms with Gasteiger partial charge < -0.3 is 0 Å². The normalized spacial score (nSPS) is 10.3. The van der Waals surface area contributed by atoms with Gasteiger partial charge >= 0.3 is 0 Å². The average molecular weight is 402 g/mol. The van der Waals surface area contributed by atoms with E-state index in [2.05, 4.69) is 43.5 Å². The molecule has 0 aliphatic rings. The van der Waals surface area contributed by atoms with E-state index in [1.165, 1.54) is 0 Å². The lowest BCUT2D eigenvalue weighted by Gasteiger charge is -2.05. The minimum absolute atomic E-state index is 0.00779. The number of aryl methyl sites for hydroxylation is 1. The molecule has 0 fully saturated rings. The molecule has 0 atom stereocenters. The molecule has 1 aromatic carbocycles. The maximum absolute atomic E-state index is 12.3. The molecule has 0 bridgehead atoms. The van der Waals surface area contributed by atoms with Gasteiger partial charge in [0.05, 0.1) is 0 Å². The number of halogens is 2. The van der Waals surface area contributed by atoms with E-state index in [0.29, 0.717) is 11.1 Å². The molecule has 17 heavy (non-hydrogen) atoms.